The van der Waals surface area contributed by atoms with Crippen LogP contribution < -0.4 is 5.32 Å². The van der Waals surface area contributed by atoms with Crippen LogP contribution in [0.2, 0.25) is 0 Å². The van der Waals surface area contributed by atoms with Crippen molar-refractivity contribution in [1.82, 2.24) is 0 Å². The molecule has 0 radical (unpaired) electrons. The monoisotopic (exact) mass is 431 g/mol. The lowest BCUT2D eigenvalue weighted by Gasteiger charge is -2.21. The van der Waals surface area contributed by atoms with Crippen LogP contribution in [-0.2, 0) is 22.4 Å². The van der Waals surface area contributed by atoms with Crippen molar-refractivity contribution in [3.05, 3.63) is 102 Å². The fraction of sp³-hybridized carbons (Fsp3) is 0.192. The number of anilines is 1. The molecule has 0 aromatic heterocycles. The molecule has 0 saturated carbocycles. The van der Waals surface area contributed by atoms with Crippen LogP contribution in [0.3, 0.4) is 0 Å². The summed E-state index contributed by atoms with van der Waals surface area (Å²) in [7, 11) is 0. The lowest BCUT2D eigenvalue weighted by atomic mass is 9.85. The van der Waals surface area contributed by atoms with E-state index in [1.807, 2.05) is 60.7 Å². The molecule has 2 atom stereocenters. The Hall–Kier alpha value is -3.93. The molecule has 0 saturated heterocycles. The Morgan fingerprint density at radius 2 is 1.28 bits per heavy atom. The van der Waals surface area contributed by atoms with Gasteiger partial charge in [-0.2, -0.15) is 0 Å². The maximum absolute atomic E-state index is 13.2. The Labute approximate surface area is 186 Å². The summed E-state index contributed by atoms with van der Waals surface area (Å²) in [5.74, 6) is -3.71. The fourth-order valence-electron chi connectivity index (χ4n) is 3.67. The van der Waals surface area contributed by atoms with Crippen LogP contribution >= 0.6 is 0 Å². The first-order chi connectivity index (χ1) is 15.4. The van der Waals surface area contributed by atoms with Gasteiger partial charge in [0.2, 0.25) is 5.91 Å². The van der Waals surface area contributed by atoms with Gasteiger partial charge in [-0.15, -0.1) is 0 Å². The summed E-state index contributed by atoms with van der Waals surface area (Å²) in [5.41, 5.74) is 2.25. The van der Waals surface area contributed by atoms with Gasteiger partial charge in [-0.3, -0.25) is 9.59 Å². The molecule has 0 heterocycles. The number of amides is 1. The molecule has 1 unspecified atom stereocenters. The number of carboxylic acid groups (broad SMARTS) is 2. The Morgan fingerprint density at radius 3 is 1.81 bits per heavy atom. The number of carboxylic acids is 2. The van der Waals surface area contributed by atoms with Crippen molar-refractivity contribution >= 4 is 23.5 Å². The van der Waals surface area contributed by atoms with E-state index in [4.69, 9.17) is 0 Å². The normalized spacial score (nSPS) is 12.5. The second kappa shape index (κ2) is 10.9. The Bertz CT molecular complexity index is 1070. The van der Waals surface area contributed by atoms with Gasteiger partial charge in [0.25, 0.3) is 0 Å². The second-order valence-corrected chi connectivity index (χ2v) is 7.72. The van der Waals surface area contributed by atoms with E-state index in [1.165, 1.54) is 12.1 Å². The Kier molecular flexibility index (Phi) is 7.75. The molecule has 0 spiro atoms. The number of hydrogen-bond acceptors (Lipinski definition) is 3. The van der Waals surface area contributed by atoms with Crippen LogP contribution in [0.25, 0.3) is 0 Å². The van der Waals surface area contributed by atoms with Gasteiger partial charge in [-0.25, -0.2) is 4.79 Å². The van der Waals surface area contributed by atoms with E-state index in [-0.39, 0.29) is 17.9 Å². The number of nitrogens with one attached hydrogen (secondary N) is 1. The third-order valence-electron chi connectivity index (χ3n) is 5.32. The molecular weight excluding hydrogens is 406 g/mol. The third kappa shape index (κ3) is 6.54. The lowest BCUT2D eigenvalue weighted by Crippen LogP contribution is -2.30. The molecule has 0 bridgehead atoms. The molecule has 32 heavy (non-hydrogen) atoms. The van der Waals surface area contributed by atoms with Crippen molar-refractivity contribution in [3.63, 3.8) is 0 Å². The smallest absolute Gasteiger partial charge is 0.335 e. The minimum absolute atomic E-state index is 0.0647. The van der Waals surface area contributed by atoms with E-state index in [2.05, 4.69) is 5.32 Å². The predicted octanol–water partition coefficient (Wildman–Crippen LogP) is 4.52. The molecule has 164 valence electrons. The topological polar surface area (TPSA) is 104 Å². The van der Waals surface area contributed by atoms with Crippen molar-refractivity contribution in [2.45, 2.75) is 19.3 Å². The van der Waals surface area contributed by atoms with Gasteiger partial charge in [0, 0.05) is 11.6 Å². The molecule has 0 aliphatic rings. The highest BCUT2D eigenvalue weighted by atomic mass is 16.4. The molecule has 0 fully saturated rings. The highest BCUT2D eigenvalue weighted by Crippen LogP contribution is 2.24. The largest absolute Gasteiger partial charge is 0.481 e. The number of carbonyl (C=O) groups is 3. The SMILES string of the molecule is O=C(O)c1cccc(NC(=O)C(Cc2ccccc2)C[C@H](Cc2ccccc2)C(=O)O)c1. The number of aromatic carboxylic acids is 1. The third-order valence-corrected chi connectivity index (χ3v) is 5.32. The van der Waals surface area contributed by atoms with Crippen molar-refractivity contribution in [3.8, 4) is 0 Å². The summed E-state index contributed by atoms with van der Waals surface area (Å²) in [6, 6.07) is 24.8. The first-order valence-corrected chi connectivity index (χ1v) is 10.4. The number of benzene rings is 3. The summed E-state index contributed by atoms with van der Waals surface area (Å²) in [6.07, 6.45) is 0.858. The van der Waals surface area contributed by atoms with Crippen LogP contribution in [0.1, 0.15) is 27.9 Å². The average Bonchev–Trinajstić information content (AvgIpc) is 2.79. The van der Waals surface area contributed by atoms with Crippen LogP contribution in [-0.4, -0.2) is 28.1 Å². The van der Waals surface area contributed by atoms with Gasteiger partial charge in [0.05, 0.1) is 11.5 Å². The molecule has 6 nitrogen and oxygen atoms in total. The van der Waals surface area contributed by atoms with Crippen LogP contribution in [0.5, 0.6) is 0 Å². The van der Waals surface area contributed by atoms with E-state index in [1.54, 1.807) is 12.1 Å². The van der Waals surface area contributed by atoms with Crippen molar-refractivity contribution in [2.24, 2.45) is 11.8 Å². The Balaban J connectivity index is 1.81. The van der Waals surface area contributed by atoms with Crippen LogP contribution in [0.4, 0.5) is 5.69 Å². The Morgan fingerprint density at radius 1 is 0.719 bits per heavy atom. The molecule has 3 N–H and O–H groups in total. The maximum Gasteiger partial charge on any atom is 0.335 e. The molecule has 3 aromatic rings. The number of aliphatic carboxylic acids is 1. The summed E-state index contributed by atoms with van der Waals surface area (Å²) in [4.78, 5) is 36.4. The van der Waals surface area contributed by atoms with Gasteiger partial charge in [0.1, 0.15) is 0 Å². The molecule has 0 aliphatic heterocycles. The van der Waals surface area contributed by atoms with E-state index < -0.39 is 23.8 Å². The van der Waals surface area contributed by atoms with Crippen molar-refractivity contribution < 1.29 is 24.6 Å². The van der Waals surface area contributed by atoms with Gasteiger partial charge in [-0.1, -0.05) is 66.7 Å². The average molecular weight is 431 g/mol. The van der Waals surface area contributed by atoms with Crippen LogP contribution in [0, 0.1) is 11.8 Å². The van der Waals surface area contributed by atoms with Crippen molar-refractivity contribution in [2.75, 3.05) is 5.32 Å². The van der Waals surface area contributed by atoms with Gasteiger partial charge in [-0.05, 0) is 48.6 Å². The van der Waals surface area contributed by atoms with Gasteiger partial charge in [0.15, 0.2) is 0 Å². The quantitative estimate of drug-likeness (QED) is 0.438. The van der Waals surface area contributed by atoms with E-state index in [0.717, 1.165) is 11.1 Å². The first kappa shape index (κ1) is 22.7. The molecule has 3 aromatic carbocycles. The summed E-state index contributed by atoms with van der Waals surface area (Å²) in [6.45, 7) is 0. The molecular formula is C26H25NO5. The summed E-state index contributed by atoms with van der Waals surface area (Å²) >= 11 is 0. The van der Waals surface area contributed by atoms with Crippen LogP contribution in [0.15, 0.2) is 84.9 Å². The van der Waals surface area contributed by atoms with E-state index in [9.17, 15) is 24.6 Å². The zero-order valence-electron chi connectivity index (χ0n) is 17.5. The van der Waals surface area contributed by atoms with Crippen molar-refractivity contribution in [1.29, 1.82) is 0 Å². The standard InChI is InChI=1S/C26H25NO5/c28-24(27-23-13-7-12-20(17-23)25(29)30)21(14-18-8-3-1-4-9-18)16-22(26(31)32)15-19-10-5-2-6-11-19/h1-13,17,21-22H,14-16H2,(H,27,28)(H,29,30)(H,31,32)/t21?,22-/m0/s1. The lowest BCUT2D eigenvalue weighted by molar-refractivity contribution is -0.142. The predicted molar refractivity (Wildman–Crippen MR) is 122 cm³/mol. The molecule has 3 rings (SSSR count). The second-order valence-electron chi connectivity index (χ2n) is 7.72. The molecule has 6 heteroatoms. The first-order valence-electron chi connectivity index (χ1n) is 10.4. The zero-order chi connectivity index (χ0) is 22.9. The fourth-order valence-corrected chi connectivity index (χ4v) is 3.67. The molecule has 0 aliphatic carbocycles. The van der Waals surface area contributed by atoms with Gasteiger partial charge < -0.3 is 15.5 Å². The highest BCUT2D eigenvalue weighted by Gasteiger charge is 2.28. The number of hydrogen-bond donors (Lipinski definition) is 3. The summed E-state index contributed by atoms with van der Waals surface area (Å²) in [5, 5.41) is 21.8. The van der Waals surface area contributed by atoms with E-state index in [0.29, 0.717) is 18.5 Å². The van der Waals surface area contributed by atoms with E-state index >= 15 is 0 Å². The number of carbonyl (C=O) groups excluding carboxylic acids is 1. The maximum atomic E-state index is 13.2. The minimum atomic E-state index is -1.09. The van der Waals surface area contributed by atoms with Gasteiger partial charge >= 0.3 is 11.9 Å². The number of rotatable bonds is 10. The highest BCUT2D eigenvalue weighted by molar-refractivity contribution is 5.95. The molecule has 1 amide bonds. The minimum Gasteiger partial charge on any atom is -0.481 e. The summed E-state index contributed by atoms with van der Waals surface area (Å²) < 4.78 is 0. The zero-order valence-corrected chi connectivity index (χ0v) is 17.5.